The highest BCUT2D eigenvalue weighted by molar-refractivity contribution is 6.30. The first-order valence-corrected chi connectivity index (χ1v) is 12.7. The van der Waals surface area contributed by atoms with Gasteiger partial charge in [0.25, 0.3) is 5.91 Å². The zero-order valence-electron chi connectivity index (χ0n) is 21.2. The molecule has 1 atom stereocenters. The number of amides is 3. The molecule has 1 aliphatic heterocycles. The molecule has 2 aromatic carbocycles. The fourth-order valence-electron chi connectivity index (χ4n) is 4.29. The van der Waals surface area contributed by atoms with Crippen LogP contribution in [0.25, 0.3) is 16.9 Å². The van der Waals surface area contributed by atoms with Gasteiger partial charge in [-0.1, -0.05) is 29.3 Å². The van der Waals surface area contributed by atoms with Crippen LogP contribution in [-0.4, -0.2) is 50.0 Å². The number of aromatic amines is 1. The van der Waals surface area contributed by atoms with Crippen molar-refractivity contribution >= 4 is 40.9 Å². The van der Waals surface area contributed by atoms with Crippen LogP contribution in [0.4, 0.5) is 20.6 Å². The number of methoxy groups -OCH3 is 1. The summed E-state index contributed by atoms with van der Waals surface area (Å²) in [6.45, 7) is 0. The molecular formula is C26H24ClFN8O4. The van der Waals surface area contributed by atoms with Crippen molar-refractivity contribution in [2.75, 3.05) is 17.7 Å². The maximum Gasteiger partial charge on any atom is 0.411 e. The predicted molar refractivity (Wildman–Crippen MR) is 144 cm³/mol. The van der Waals surface area contributed by atoms with E-state index in [0.717, 1.165) is 4.68 Å². The normalized spacial score (nSPS) is 15.2. The Kier molecular flexibility index (Phi) is 7.73. The van der Waals surface area contributed by atoms with Crippen molar-refractivity contribution in [3.8, 4) is 16.9 Å². The summed E-state index contributed by atoms with van der Waals surface area (Å²) in [5.74, 6) is -0.894. The molecule has 0 saturated carbocycles. The number of aromatic nitrogens is 5. The van der Waals surface area contributed by atoms with Crippen molar-refractivity contribution in [2.45, 2.75) is 31.7 Å². The van der Waals surface area contributed by atoms with Gasteiger partial charge >= 0.3 is 6.09 Å². The summed E-state index contributed by atoms with van der Waals surface area (Å²) in [6.07, 6.45) is 4.21. The summed E-state index contributed by atoms with van der Waals surface area (Å²) in [4.78, 5) is 45.1. The molecule has 4 aromatic rings. The molecule has 0 radical (unpaired) electrons. The maximum atomic E-state index is 14.4. The van der Waals surface area contributed by atoms with Gasteiger partial charge in [0.05, 0.1) is 41.9 Å². The lowest BCUT2D eigenvalue weighted by Gasteiger charge is -2.17. The Morgan fingerprint density at radius 1 is 1.23 bits per heavy atom. The van der Waals surface area contributed by atoms with Crippen molar-refractivity contribution in [1.29, 1.82) is 0 Å². The highest BCUT2D eigenvalue weighted by atomic mass is 35.5. The molecule has 2 aromatic heterocycles. The molecule has 2 bridgehead atoms. The zero-order valence-corrected chi connectivity index (χ0v) is 22.0. The van der Waals surface area contributed by atoms with Gasteiger partial charge in [0.2, 0.25) is 5.91 Å². The fraction of sp³-hybridized carbons (Fsp3) is 0.231. The smallest absolute Gasteiger partial charge is 0.411 e. The lowest BCUT2D eigenvalue weighted by atomic mass is 10.1. The average Bonchev–Trinajstić information content (AvgIpc) is 3.62. The molecule has 5 rings (SSSR count). The van der Waals surface area contributed by atoms with E-state index in [9.17, 15) is 18.8 Å². The fourth-order valence-corrected chi connectivity index (χ4v) is 4.46. The van der Waals surface area contributed by atoms with Gasteiger partial charge in [-0.15, -0.1) is 5.10 Å². The summed E-state index contributed by atoms with van der Waals surface area (Å²) in [6, 6.07) is 8.94. The zero-order chi connectivity index (χ0) is 28.2. The monoisotopic (exact) mass is 566 g/mol. The molecule has 1 aliphatic rings. The van der Waals surface area contributed by atoms with Crippen LogP contribution in [0, 0.1) is 5.82 Å². The Hall–Kier alpha value is -4.78. The van der Waals surface area contributed by atoms with E-state index in [1.807, 2.05) is 0 Å². The minimum absolute atomic E-state index is 0.0207. The number of imidazole rings is 1. The number of benzene rings is 2. The van der Waals surface area contributed by atoms with Crippen LogP contribution in [0.2, 0.25) is 5.02 Å². The minimum Gasteiger partial charge on any atom is -0.453 e. The number of hydrogen-bond donors (Lipinski definition) is 4. The number of ether oxygens (including phenoxy) is 1. The Balaban J connectivity index is 1.40. The SMILES string of the molecule is COC(=O)Nc1ccc2c(c1)NC(=O)CCCC[C@H](NC(=O)c1cn(-c3cccc(Cl)c3F)nn1)c1ncc-2[nH]1. The molecule has 0 unspecified atom stereocenters. The Morgan fingerprint density at radius 2 is 2.08 bits per heavy atom. The van der Waals surface area contributed by atoms with Crippen molar-refractivity contribution in [3.05, 3.63) is 71.2 Å². The van der Waals surface area contributed by atoms with Crippen molar-refractivity contribution in [2.24, 2.45) is 0 Å². The van der Waals surface area contributed by atoms with E-state index in [1.54, 1.807) is 30.5 Å². The molecular weight excluding hydrogens is 543 g/mol. The van der Waals surface area contributed by atoms with E-state index < -0.39 is 23.9 Å². The van der Waals surface area contributed by atoms with E-state index in [4.69, 9.17) is 11.6 Å². The highest BCUT2D eigenvalue weighted by Gasteiger charge is 2.23. The van der Waals surface area contributed by atoms with Gasteiger partial charge in [-0.2, -0.15) is 0 Å². The van der Waals surface area contributed by atoms with Crippen molar-refractivity contribution < 1.29 is 23.5 Å². The van der Waals surface area contributed by atoms with Gasteiger partial charge in [-0.3, -0.25) is 14.9 Å². The first-order chi connectivity index (χ1) is 19.3. The molecule has 40 heavy (non-hydrogen) atoms. The Labute approximate surface area is 232 Å². The third-order valence-corrected chi connectivity index (χ3v) is 6.59. The number of hydrogen-bond acceptors (Lipinski definition) is 7. The molecule has 0 spiro atoms. The van der Waals surface area contributed by atoms with E-state index in [-0.39, 0.29) is 28.7 Å². The first-order valence-electron chi connectivity index (χ1n) is 12.3. The topological polar surface area (TPSA) is 156 Å². The lowest BCUT2D eigenvalue weighted by molar-refractivity contribution is -0.116. The highest BCUT2D eigenvalue weighted by Crippen LogP contribution is 2.32. The second-order valence-electron chi connectivity index (χ2n) is 9.00. The van der Waals surface area contributed by atoms with E-state index in [1.165, 1.54) is 25.4 Å². The molecule has 0 fully saturated rings. The van der Waals surface area contributed by atoms with Gasteiger partial charge in [0.1, 0.15) is 11.5 Å². The van der Waals surface area contributed by atoms with E-state index in [2.05, 4.69) is 41.0 Å². The number of halogens is 2. The van der Waals surface area contributed by atoms with Crippen molar-refractivity contribution in [1.82, 2.24) is 30.3 Å². The lowest BCUT2D eigenvalue weighted by Crippen LogP contribution is -2.29. The molecule has 206 valence electrons. The summed E-state index contributed by atoms with van der Waals surface area (Å²) in [7, 11) is 1.26. The molecule has 0 aliphatic carbocycles. The van der Waals surface area contributed by atoms with Gasteiger partial charge in [0.15, 0.2) is 11.5 Å². The summed E-state index contributed by atoms with van der Waals surface area (Å²) < 4.78 is 20.2. The molecule has 0 saturated heterocycles. The predicted octanol–water partition coefficient (Wildman–Crippen LogP) is 4.61. The maximum absolute atomic E-state index is 14.4. The van der Waals surface area contributed by atoms with Crippen LogP contribution in [0.15, 0.2) is 48.8 Å². The molecule has 14 heteroatoms. The number of anilines is 2. The van der Waals surface area contributed by atoms with Crippen LogP contribution in [-0.2, 0) is 9.53 Å². The van der Waals surface area contributed by atoms with Crippen LogP contribution in [0.1, 0.15) is 48.0 Å². The number of nitrogens with zero attached hydrogens (tertiary/aromatic N) is 4. The second-order valence-corrected chi connectivity index (χ2v) is 9.41. The Morgan fingerprint density at radius 3 is 2.90 bits per heavy atom. The minimum atomic E-state index is -0.680. The summed E-state index contributed by atoms with van der Waals surface area (Å²) in [5, 5.41) is 16.1. The number of nitrogens with one attached hydrogen (secondary N) is 4. The largest absolute Gasteiger partial charge is 0.453 e. The van der Waals surface area contributed by atoms with Gasteiger partial charge in [-0.25, -0.2) is 18.9 Å². The molecule has 12 nitrogen and oxygen atoms in total. The average molecular weight is 567 g/mol. The molecule has 3 heterocycles. The summed E-state index contributed by atoms with van der Waals surface area (Å²) in [5.41, 5.74) is 2.18. The van der Waals surface area contributed by atoms with Crippen LogP contribution >= 0.6 is 11.6 Å². The van der Waals surface area contributed by atoms with Gasteiger partial charge < -0.3 is 20.4 Å². The molecule has 4 N–H and O–H groups in total. The number of H-pyrrole nitrogens is 1. The Bertz CT molecular complexity index is 1590. The standard InChI is InChI=1S/C26H24ClFN8O4/c1-40-26(39)30-14-9-10-15-18(11-14)31-22(37)8-3-2-6-17(24-29-12-19(15)32-24)33-25(38)20-13-36(35-34-20)21-7-4-5-16(27)23(21)28/h4-5,7,9-13,17H,2-3,6,8H2,1H3,(H,29,32)(H,30,39)(H,31,37)(H,33,38)/t17-/m0/s1. The quantitative estimate of drug-likeness (QED) is 0.281. The van der Waals surface area contributed by atoms with E-state index in [0.29, 0.717) is 47.7 Å². The van der Waals surface area contributed by atoms with Crippen LogP contribution in [0.3, 0.4) is 0 Å². The first kappa shape index (κ1) is 26.8. The third kappa shape index (κ3) is 5.78. The van der Waals surface area contributed by atoms with Crippen LogP contribution in [0.5, 0.6) is 0 Å². The third-order valence-electron chi connectivity index (χ3n) is 6.30. The number of rotatable bonds is 4. The van der Waals surface area contributed by atoms with Crippen LogP contribution < -0.4 is 16.0 Å². The number of fused-ring (bicyclic) bond motifs is 4. The van der Waals surface area contributed by atoms with Gasteiger partial charge in [0, 0.05) is 17.7 Å². The number of carbonyl (C=O) groups is 3. The van der Waals surface area contributed by atoms with Crippen molar-refractivity contribution in [3.63, 3.8) is 0 Å². The van der Waals surface area contributed by atoms with E-state index >= 15 is 0 Å². The molecule has 3 amide bonds. The number of carbonyl (C=O) groups excluding carboxylic acids is 3. The summed E-state index contributed by atoms with van der Waals surface area (Å²) >= 11 is 5.86. The van der Waals surface area contributed by atoms with Gasteiger partial charge in [-0.05, 0) is 43.2 Å². The second kappa shape index (κ2) is 11.5.